The molecule has 1 aromatic rings. The van der Waals surface area contributed by atoms with E-state index in [0.717, 1.165) is 18.8 Å². The molecule has 1 amide bonds. The molecule has 0 bridgehead atoms. The number of carbonyl (C=O) groups is 1. The van der Waals surface area contributed by atoms with Gasteiger partial charge in [-0.3, -0.25) is 4.79 Å². The first-order valence-corrected chi connectivity index (χ1v) is 5.84. The Bertz CT molecular complexity index is 344. The lowest BCUT2D eigenvalue weighted by atomic mass is 10.2. The topological polar surface area (TPSA) is 41.1 Å². The first-order valence-electron chi connectivity index (χ1n) is 4.90. The standard InChI is InChI=1S/C10H12N2OS.ClH/c13-10(12-6-1-2-14-5-6)9-7-3-11-4-8(7)9;/h1-2,5,7-9,11H,3-4H2,(H,12,13);1H/t7-,8+,9?;. The minimum Gasteiger partial charge on any atom is -0.325 e. The Hall–Kier alpha value is -0.580. The number of carbonyl (C=O) groups excluding carboxylic acids is 1. The van der Waals surface area contributed by atoms with E-state index >= 15 is 0 Å². The zero-order valence-corrected chi connectivity index (χ0v) is 9.74. The minimum atomic E-state index is 0. The van der Waals surface area contributed by atoms with Gasteiger partial charge in [-0.25, -0.2) is 0 Å². The molecule has 1 unspecified atom stereocenters. The summed E-state index contributed by atoms with van der Waals surface area (Å²) in [6, 6.07) is 1.94. The van der Waals surface area contributed by atoms with Gasteiger partial charge in [0.1, 0.15) is 0 Å². The fourth-order valence-corrected chi connectivity index (χ4v) is 2.96. The third-order valence-electron chi connectivity index (χ3n) is 3.18. The molecule has 1 aliphatic carbocycles. The molecule has 2 N–H and O–H groups in total. The number of halogens is 1. The Labute approximate surface area is 98.7 Å². The summed E-state index contributed by atoms with van der Waals surface area (Å²) < 4.78 is 0. The number of rotatable bonds is 2. The van der Waals surface area contributed by atoms with Gasteiger partial charge in [0.05, 0.1) is 5.69 Å². The third kappa shape index (κ3) is 1.89. The molecule has 0 aromatic carbocycles. The van der Waals surface area contributed by atoms with E-state index in [1.807, 2.05) is 16.8 Å². The van der Waals surface area contributed by atoms with Crippen molar-refractivity contribution < 1.29 is 4.79 Å². The van der Waals surface area contributed by atoms with Crippen LogP contribution < -0.4 is 10.6 Å². The van der Waals surface area contributed by atoms with E-state index in [0.29, 0.717) is 11.8 Å². The van der Waals surface area contributed by atoms with Crippen LogP contribution in [0.1, 0.15) is 0 Å². The molecule has 3 rings (SSSR count). The zero-order valence-electron chi connectivity index (χ0n) is 8.10. The highest BCUT2D eigenvalue weighted by molar-refractivity contribution is 7.08. The van der Waals surface area contributed by atoms with Crippen LogP contribution in [0.5, 0.6) is 0 Å². The Morgan fingerprint density at radius 1 is 1.47 bits per heavy atom. The predicted molar refractivity (Wildman–Crippen MR) is 63.5 cm³/mol. The van der Waals surface area contributed by atoms with Gasteiger partial charge in [0.2, 0.25) is 5.91 Å². The van der Waals surface area contributed by atoms with E-state index < -0.39 is 0 Å². The molecule has 15 heavy (non-hydrogen) atoms. The summed E-state index contributed by atoms with van der Waals surface area (Å²) in [5, 5.41) is 10.2. The molecule has 1 aromatic heterocycles. The van der Waals surface area contributed by atoms with E-state index in [9.17, 15) is 4.79 Å². The molecule has 2 fully saturated rings. The molecule has 82 valence electrons. The van der Waals surface area contributed by atoms with Crippen molar-refractivity contribution in [3.05, 3.63) is 16.8 Å². The number of piperidine rings is 1. The van der Waals surface area contributed by atoms with Gasteiger partial charge in [-0.15, -0.1) is 12.4 Å². The first kappa shape index (κ1) is 10.9. The van der Waals surface area contributed by atoms with Crippen LogP contribution in [0.3, 0.4) is 0 Å². The number of fused-ring (bicyclic) bond motifs is 1. The molecular weight excluding hydrogens is 232 g/mol. The second-order valence-corrected chi connectivity index (χ2v) is 4.79. The van der Waals surface area contributed by atoms with Crippen LogP contribution in [0, 0.1) is 17.8 Å². The Balaban J connectivity index is 0.000000853. The predicted octanol–water partition coefficient (Wildman–Crippen LogP) is 1.57. The van der Waals surface area contributed by atoms with E-state index in [1.165, 1.54) is 0 Å². The third-order valence-corrected chi connectivity index (χ3v) is 3.87. The zero-order chi connectivity index (χ0) is 9.54. The molecule has 1 saturated carbocycles. The second kappa shape index (κ2) is 4.12. The first-order chi connectivity index (χ1) is 6.86. The lowest BCUT2D eigenvalue weighted by Crippen LogP contribution is -2.23. The maximum absolute atomic E-state index is 11.8. The Kier molecular flexibility index (Phi) is 3.00. The fraction of sp³-hybridized carbons (Fsp3) is 0.500. The van der Waals surface area contributed by atoms with Gasteiger partial charge in [-0.05, 0) is 36.4 Å². The highest BCUT2D eigenvalue weighted by Gasteiger charge is 2.56. The van der Waals surface area contributed by atoms with Gasteiger partial charge in [-0.2, -0.15) is 11.3 Å². The number of hydrogen-bond donors (Lipinski definition) is 2. The van der Waals surface area contributed by atoms with Crippen molar-refractivity contribution >= 4 is 35.3 Å². The van der Waals surface area contributed by atoms with E-state index in [4.69, 9.17) is 0 Å². The van der Waals surface area contributed by atoms with Crippen LogP contribution in [-0.4, -0.2) is 19.0 Å². The van der Waals surface area contributed by atoms with E-state index in [2.05, 4.69) is 10.6 Å². The van der Waals surface area contributed by atoms with Crippen LogP contribution >= 0.6 is 23.7 Å². The van der Waals surface area contributed by atoms with Crippen molar-refractivity contribution in [2.24, 2.45) is 17.8 Å². The van der Waals surface area contributed by atoms with Gasteiger partial charge < -0.3 is 10.6 Å². The molecule has 3 nitrogen and oxygen atoms in total. The lowest BCUT2D eigenvalue weighted by molar-refractivity contribution is -0.118. The van der Waals surface area contributed by atoms with Gasteiger partial charge in [-0.1, -0.05) is 0 Å². The number of nitrogens with one attached hydrogen (secondary N) is 2. The molecule has 3 atom stereocenters. The maximum Gasteiger partial charge on any atom is 0.228 e. The van der Waals surface area contributed by atoms with Crippen molar-refractivity contribution in [3.63, 3.8) is 0 Å². The molecule has 0 radical (unpaired) electrons. The molecular formula is C10H13ClN2OS. The van der Waals surface area contributed by atoms with Gasteiger partial charge in [0, 0.05) is 11.3 Å². The van der Waals surface area contributed by atoms with Crippen molar-refractivity contribution in [2.45, 2.75) is 0 Å². The van der Waals surface area contributed by atoms with Crippen LogP contribution in [0.15, 0.2) is 16.8 Å². The van der Waals surface area contributed by atoms with E-state index in [1.54, 1.807) is 11.3 Å². The smallest absolute Gasteiger partial charge is 0.228 e. The summed E-state index contributed by atoms with van der Waals surface area (Å²) in [5.41, 5.74) is 0.943. The quantitative estimate of drug-likeness (QED) is 0.829. The van der Waals surface area contributed by atoms with Crippen molar-refractivity contribution in [1.82, 2.24) is 5.32 Å². The average Bonchev–Trinajstić information content (AvgIpc) is 2.63. The van der Waals surface area contributed by atoms with Crippen molar-refractivity contribution in [3.8, 4) is 0 Å². The van der Waals surface area contributed by atoms with Gasteiger partial charge >= 0.3 is 0 Å². The Morgan fingerprint density at radius 2 is 2.20 bits per heavy atom. The van der Waals surface area contributed by atoms with E-state index in [-0.39, 0.29) is 24.2 Å². The highest BCUT2D eigenvalue weighted by atomic mass is 35.5. The van der Waals surface area contributed by atoms with Crippen LogP contribution in [0.4, 0.5) is 5.69 Å². The largest absolute Gasteiger partial charge is 0.325 e. The maximum atomic E-state index is 11.8. The van der Waals surface area contributed by atoms with Gasteiger partial charge in [0.15, 0.2) is 0 Å². The number of amides is 1. The lowest BCUT2D eigenvalue weighted by Gasteiger charge is -2.04. The van der Waals surface area contributed by atoms with Crippen molar-refractivity contribution in [2.75, 3.05) is 18.4 Å². The Morgan fingerprint density at radius 3 is 2.80 bits per heavy atom. The number of anilines is 1. The molecule has 0 spiro atoms. The molecule has 1 saturated heterocycles. The molecule has 5 heteroatoms. The number of thiophene rings is 1. The summed E-state index contributed by atoms with van der Waals surface area (Å²) in [6.07, 6.45) is 0. The molecule has 2 aliphatic rings. The van der Waals surface area contributed by atoms with Crippen molar-refractivity contribution in [1.29, 1.82) is 0 Å². The SMILES string of the molecule is Cl.O=C(Nc1ccsc1)C1[C@H]2CNC[C@@H]12. The van der Waals surface area contributed by atoms with Crippen LogP contribution in [0.2, 0.25) is 0 Å². The summed E-state index contributed by atoms with van der Waals surface area (Å²) >= 11 is 1.61. The van der Waals surface area contributed by atoms with Gasteiger partial charge in [0.25, 0.3) is 0 Å². The fourth-order valence-electron chi connectivity index (χ4n) is 2.37. The second-order valence-electron chi connectivity index (χ2n) is 4.01. The minimum absolute atomic E-state index is 0. The summed E-state index contributed by atoms with van der Waals surface area (Å²) in [6.45, 7) is 2.04. The highest BCUT2D eigenvalue weighted by Crippen LogP contribution is 2.49. The average molecular weight is 245 g/mol. The summed E-state index contributed by atoms with van der Waals surface area (Å²) in [7, 11) is 0. The number of hydrogen-bond acceptors (Lipinski definition) is 3. The summed E-state index contributed by atoms with van der Waals surface area (Å²) in [5.74, 6) is 1.69. The molecule has 1 aliphatic heterocycles. The van der Waals surface area contributed by atoms with Crippen LogP contribution in [-0.2, 0) is 4.79 Å². The van der Waals surface area contributed by atoms with Crippen LogP contribution in [0.25, 0.3) is 0 Å². The normalized spacial score (nSPS) is 31.6. The summed E-state index contributed by atoms with van der Waals surface area (Å²) in [4.78, 5) is 11.8. The molecule has 2 heterocycles. The monoisotopic (exact) mass is 244 g/mol.